The molecule has 1 fully saturated rings. The van der Waals surface area contributed by atoms with Crippen molar-refractivity contribution in [1.29, 1.82) is 0 Å². The third-order valence-electron chi connectivity index (χ3n) is 5.49. The van der Waals surface area contributed by atoms with E-state index in [1.165, 1.54) is 6.07 Å². The molecule has 1 aromatic rings. The molecule has 29 heavy (non-hydrogen) atoms. The van der Waals surface area contributed by atoms with Gasteiger partial charge in [-0.1, -0.05) is 60.7 Å². The Hall–Kier alpha value is -2.35. The summed E-state index contributed by atoms with van der Waals surface area (Å²) in [6, 6.07) is 18.7. The maximum absolute atomic E-state index is 15.3. The summed E-state index contributed by atoms with van der Waals surface area (Å²) < 4.78 is 20.8. The van der Waals surface area contributed by atoms with Crippen LogP contribution in [0.15, 0.2) is 60.7 Å². The maximum atomic E-state index is 15.3. The van der Waals surface area contributed by atoms with Crippen molar-refractivity contribution < 1.29 is 29.6 Å². The van der Waals surface area contributed by atoms with Crippen molar-refractivity contribution >= 4 is 0 Å². The topological polar surface area (TPSA) is 90.2 Å². The third-order valence-corrected chi connectivity index (χ3v) is 5.49. The van der Waals surface area contributed by atoms with Gasteiger partial charge in [-0.05, 0) is 22.3 Å². The van der Waals surface area contributed by atoms with Gasteiger partial charge in [0, 0.05) is 12.0 Å². The number of ether oxygens (including phenoxy) is 1. The van der Waals surface area contributed by atoms with Gasteiger partial charge in [-0.25, -0.2) is 4.39 Å². The molecule has 1 aliphatic heterocycles. The average molecular weight is 398 g/mol. The molecule has 0 bridgehead atoms. The molecule has 2 aliphatic carbocycles. The maximum Gasteiger partial charge on any atom is 0.132 e. The van der Waals surface area contributed by atoms with Gasteiger partial charge in [-0.3, -0.25) is 0 Å². The standard InChI is InChI=1S/C23H23FO5/c24-19-16(11-13-9-14-5-2-1-3-6-15(14)10-13)7-4-8-17(19)23-22(28)21(27)20(26)18(12-25)29-23/h1-10,18,20-23,25-28H,11-12H2/t18-,20-,21+,22-,23+/m1/s1. The number of fused-ring (bicyclic) bond motifs is 1. The molecule has 3 aliphatic rings. The van der Waals surface area contributed by atoms with E-state index in [-0.39, 0.29) is 5.56 Å². The summed E-state index contributed by atoms with van der Waals surface area (Å²) in [6.07, 6.45) is -6.45. The predicted molar refractivity (Wildman–Crippen MR) is 105 cm³/mol. The largest absolute Gasteiger partial charge is 0.394 e. The smallest absolute Gasteiger partial charge is 0.132 e. The zero-order valence-electron chi connectivity index (χ0n) is 15.6. The van der Waals surface area contributed by atoms with E-state index < -0.39 is 42.9 Å². The summed E-state index contributed by atoms with van der Waals surface area (Å²) in [5.41, 5.74) is 3.60. The van der Waals surface area contributed by atoms with Crippen LogP contribution in [0.1, 0.15) is 22.8 Å². The van der Waals surface area contributed by atoms with Gasteiger partial charge < -0.3 is 25.2 Å². The summed E-state index contributed by atoms with van der Waals surface area (Å²) >= 11 is 0. The molecule has 0 amide bonds. The highest BCUT2D eigenvalue weighted by atomic mass is 19.1. The summed E-state index contributed by atoms with van der Waals surface area (Å²) in [5, 5.41) is 39.6. The van der Waals surface area contributed by atoms with Crippen LogP contribution in [0.4, 0.5) is 4.39 Å². The SMILES string of the molecule is OC[C@H]1O[C@@H](c2cccc(Cc3cc4cccccc-4c3)c2F)[C@H](O)[C@@H](O)[C@@H]1O. The predicted octanol–water partition coefficient (Wildman–Crippen LogP) is 2.04. The van der Waals surface area contributed by atoms with Gasteiger partial charge in [0.15, 0.2) is 0 Å². The minimum absolute atomic E-state index is 0.0851. The van der Waals surface area contributed by atoms with E-state index in [0.29, 0.717) is 12.0 Å². The van der Waals surface area contributed by atoms with Gasteiger partial charge in [-0.2, -0.15) is 0 Å². The molecule has 4 rings (SSSR count). The van der Waals surface area contributed by atoms with Gasteiger partial charge in [0.25, 0.3) is 0 Å². The molecule has 0 aromatic heterocycles. The zero-order valence-corrected chi connectivity index (χ0v) is 15.6. The summed E-state index contributed by atoms with van der Waals surface area (Å²) in [4.78, 5) is 0. The van der Waals surface area contributed by atoms with E-state index in [2.05, 4.69) is 0 Å². The fourth-order valence-corrected chi connectivity index (χ4v) is 3.92. The van der Waals surface area contributed by atoms with E-state index in [1.54, 1.807) is 12.1 Å². The van der Waals surface area contributed by atoms with Crippen molar-refractivity contribution in [2.24, 2.45) is 0 Å². The minimum Gasteiger partial charge on any atom is -0.394 e. The normalized spacial score (nSPS) is 27.3. The zero-order chi connectivity index (χ0) is 20.5. The van der Waals surface area contributed by atoms with E-state index in [1.807, 2.05) is 42.5 Å². The molecule has 152 valence electrons. The molecule has 1 heterocycles. The van der Waals surface area contributed by atoms with Gasteiger partial charge >= 0.3 is 0 Å². The van der Waals surface area contributed by atoms with E-state index >= 15 is 4.39 Å². The Morgan fingerprint density at radius 3 is 2.17 bits per heavy atom. The number of aliphatic hydroxyl groups excluding tert-OH is 4. The van der Waals surface area contributed by atoms with Gasteiger partial charge in [0.2, 0.25) is 0 Å². The number of hydrogen-bond donors (Lipinski definition) is 4. The monoisotopic (exact) mass is 398 g/mol. The number of halogens is 1. The first-order chi connectivity index (χ1) is 14.0. The molecule has 6 heteroatoms. The highest BCUT2D eigenvalue weighted by Gasteiger charge is 2.44. The van der Waals surface area contributed by atoms with Crippen LogP contribution in [-0.4, -0.2) is 51.4 Å². The third kappa shape index (κ3) is 3.77. The summed E-state index contributed by atoms with van der Waals surface area (Å²) in [6.45, 7) is -0.555. The number of hydrogen-bond acceptors (Lipinski definition) is 5. The average Bonchev–Trinajstić information content (AvgIpc) is 2.96. The Morgan fingerprint density at radius 1 is 0.828 bits per heavy atom. The van der Waals surface area contributed by atoms with Crippen molar-refractivity contribution in [3.8, 4) is 11.1 Å². The number of rotatable bonds is 4. The molecular formula is C23H23FO5. The van der Waals surface area contributed by atoms with Crippen molar-refractivity contribution in [3.05, 3.63) is 83.2 Å². The van der Waals surface area contributed by atoms with Crippen LogP contribution in [0.25, 0.3) is 11.1 Å². The van der Waals surface area contributed by atoms with Crippen molar-refractivity contribution in [3.63, 3.8) is 0 Å². The van der Waals surface area contributed by atoms with Crippen molar-refractivity contribution in [1.82, 2.24) is 0 Å². The van der Waals surface area contributed by atoms with Crippen LogP contribution < -0.4 is 0 Å². The number of benzene rings is 1. The van der Waals surface area contributed by atoms with E-state index in [0.717, 1.165) is 16.7 Å². The lowest BCUT2D eigenvalue weighted by atomic mass is 9.90. The first kappa shape index (κ1) is 19.9. The Morgan fingerprint density at radius 2 is 1.52 bits per heavy atom. The Balaban J connectivity index is 1.64. The molecule has 5 nitrogen and oxygen atoms in total. The van der Waals surface area contributed by atoms with E-state index in [9.17, 15) is 20.4 Å². The highest BCUT2D eigenvalue weighted by Crippen LogP contribution is 2.35. The Kier molecular flexibility index (Phi) is 5.63. The first-order valence-electron chi connectivity index (χ1n) is 9.55. The van der Waals surface area contributed by atoms with Crippen molar-refractivity contribution in [2.45, 2.75) is 36.9 Å². The molecule has 1 aromatic carbocycles. The molecular weight excluding hydrogens is 375 g/mol. The fourth-order valence-electron chi connectivity index (χ4n) is 3.92. The summed E-state index contributed by atoms with van der Waals surface area (Å²) in [7, 11) is 0. The van der Waals surface area contributed by atoms with Crippen LogP contribution in [0.2, 0.25) is 0 Å². The Bertz CT molecular complexity index is 929. The lowest BCUT2D eigenvalue weighted by Gasteiger charge is -2.40. The summed E-state index contributed by atoms with van der Waals surface area (Å²) in [5.74, 6) is -0.535. The molecule has 0 saturated carbocycles. The second-order valence-corrected chi connectivity index (χ2v) is 7.43. The molecule has 0 radical (unpaired) electrons. The lowest BCUT2D eigenvalue weighted by molar-refractivity contribution is -0.232. The minimum atomic E-state index is -1.55. The van der Waals surface area contributed by atoms with Gasteiger partial charge in [0.05, 0.1) is 6.61 Å². The van der Waals surface area contributed by atoms with Gasteiger partial charge in [-0.15, -0.1) is 0 Å². The van der Waals surface area contributed by atoms with Crippen LogP contribution >= 0.6 is 0 Å². The molecule has 1 saturated heterocycles. The molecule has 0 spiro atoms. The molecule has 4 N–H and O–H groups in total. The van der Waals surface area contributed by atoms with Gasteiger partial charge in [0.1, 0.15) is 36.3 Å². The molecule has 0 unspecified atom stereocenters. The van der Waals surface area contributed by atoms with Crippen LogP contribution in [0, 0.1) is 5.82 Å². The van der Waals surface area contributed by atoms with Crippen LogP contribution in [0.5, 0.6) is 0 Å². The quantitative estimate of drug-likeness (QED) is 0.540. The fraction of sp³-hybridized carbons (Fsp3) is 0.304. The highest BCUT2D eigenvalue weighted by molar-refractivity contribution is 5.68. The van der Waals surface area contributed by atoms with Crippen LogP contribution in [-0.2, 0) is 11.2 Å². The van der Waals surface area contributed by atoms with Crippen LogP contribution in [0.3, 0.4) is 0 Å². The van der Waals surface area contributed by atoms with Crippen molar-refractivity contribution in [2.75, 3.05) is 6.61 Å². The number of aliphatic hydroxyl groups is 4. The van der Waals surface area contributed by atoms with E-state index in [4.69, 9.17) is 4.74 Å². The lowest BCUT2D eigenvalue weighted by Crippen LogP contribution is -2.55. The molecule has 5 atom stereocenters. The first-order valence-corrected chi connectivity index (χ1v) is 9.55. The Labute approximate surface area is 168 Å². The second kappa shape index (κ2) is 8.18. The second-order valence-electron chi connectivity index (χ2n) is 7.43.